The van der Waals surface area contributed by atoms with Crippen LogP contribution in [0.2, 0.25) is 10.6 Å². The second kappa shape index (κ2) is 6.93. The summed E-state index contributed by atoms with van der Waals surface area (Å²) in [6, 6.07) is 22.9. The van der Waals surface area contributed by atoms with Gasteiger partial charge in [-0.25, -0.2) is 0 Å². The van der Waals surface area contributed by atoms with Crippen LogP contribution >= 0.6 is 13.2 Å². The second-order valence-corrected chi connectivity index (χ2v) is 28.8. The normalized spacial score (nSPS) is 25.6. The molecular weight excluding hydrogens is 357 g/mol. The zero-order valence-corrected chi connectivity index (χ0v) is 16.4. The summed E-state index contributed by atoms with van der Waals surface area (Å²) in [5, 5.41) is 6.34. The predicted octanol–water partition coefficient (Wildman–Crippen LogP) is 5.10. The van der Waals surface area contributed by atoms with Crippen molar-refractivity contribution < 1.29 is 0 Å². The Bertz CT molecular complexity index is 517. The molecule has 1 fully saturated rings. The van der Waals surface area contributed by atoms with Crippen LogP contribution in [-0.4, -0.2) is 24.3 Å². The molecule has 1 heterocycles. The van der Waals surface area contributed by atoms with Gasteiger partial charge >= 0.3 is 133 Å². The van der Waals surface area contributed by atoms with Crippen LogP contribution in [-0.2, 0) is 0 Å². The molecule has 0 N–H and O–H groups in total. The molecule has 3 heteroatoms. The van der Waals surface area contributed by atoms with E-state index in [1.54, 1.807) is 10.6 Å². The van der Waals surface area contributed by atoms with Crippen molar-refractivity contribution in [2.45, 2.75) is 24.5 Å². The molecule has 1 aliphatic rings. The number of hydrogen-bond donors (Lipinski definition) is 0. The fourth-order valence-corrected chi connectivity index (χ4v) is 42.5. The zero-order chi connectivity index (χ0) is 14.7. The molecule has 2 atom stereocenters. The first-order chi connectivity index (χ1) is 10.3. The Morgan fingerprint density at radius 1 is 0.714 bits per heavy atom. The molecule has 21 heavy (non-hydrogen) atoms. The first-order valence-corrected chi connectivity index (χ1v) is 17.7. The second-order valence-electron chi connectivity index (χ2n) is 5.25. The monoisotopic (exact) mass is 382 g/mol. The third-order valence-corrected chi connectivity index (χ3v) is 40.0. The van der Waals surface area contributed by atoms with Crippen LogP contribution in [0.3, 0.4) is 0 Å². The third-order valence-electron chi connectivity index (χ3n) is 4.34. The van der Waals surface area contributed by atoms with Gasteiger partial charge in [-0.1, -0.05) is 0 Å². The number of hydrogen-bond acceptors (Lipinski definition) is 0. The van der Waals surface area contributed by atoms with Crippen LogP contribution in [0.4, 0.5) is 0 Å². The molecule has 2 aromatic carbocycles. The maximum absolute atomic E-state index is 2.49. The molecule has 0 unspecified atom stereocenters. The van der Waals surface area contributed by atoms with Crippen LogP contribution in [0, 0.1) is 0 Å². The summed E-state index contributed by atoms with van der Waals surface area (Å²) in [4.78, 5) is 0. The van der Waals surface area contributed by atoms with Gasteiger partial charge in [-0.05, 0) is 0 Å². The summed E-state index contributed by atoms with van der Waals surface area (Å²) in [5.74, 6) is 0. The maximum atomic E-state index is 2.49. The van der Waals surface area contributed by atoms with E-state index in [1.807, 2.05) is 0 Å². The van der Waals surface area contributed by atoms with E-state index in [1.165, 1.54) is 23.0 Å². The average Bonchev–Trinajstić information content (AvgIpc) is 2.96. The van der Waals surface area contributed by atoms with Crippen LogP contribution in [0.1, 0.15) is 13.8 Å². The minimum absolute atomic E-state index is 0.134. The molecule has 0 spiro atoms. The van der Waals surface area contributed by atoms with E-state index in [0.717, 1.165) is 0 Å². The molecule has 2 aromatic rings. The molecular formula is C18H24P2Se. The van der Waals surface area contributed by atoms with Crippen LogP contribution in [0.5, 0.6) is 0 Å². The van der Waals surface area contributed by atoms with Crippen molar-refractivity contribution >= 4 is 35.8 Å². The Balaban J connectivity index is 2.01. The summed E-state index contributed by atoms with van der Waals surface area (Å²) in [6.45, 7) is 5.25. The van der Waals surface area contributed by atoms with E-state index >= 15 is 0 Å². The van der Waals surface area contributed by atoms with E-state index in [9.17, 15) is 0 Å². The molecule has 112 valence electrons. The van der Waals surface area contributed by atoms with Gasteiger partial charge in [-0.3, -0.25) is 0 Å². The molecule has 0 nitrogen and oxygen atoms in total. The van der Waals surface area contributed by atoms with Crippen molar-refractivity contribution in [2.75, 3.05) is 12.3 Å². The standard InChI is InChI=1S/C18H24P2Se/c1-3-21(4-2)19(17-11-7-5-8-12-17)15-16-20(21)18-13-9-6-10-14-18/h5-14H,3-4,15-16H2,1-2H3/t19-,20-/m1/s1. The Morgan fingerprint density at radius 2 is 1.10 bits per heavy atom. The minimum atomic E-state index is -1.41. The number of rotatable bonds is 4. The van der Waals surface area contributed by atoms with Crippen molar-refractivity contribution in [1.29, 1.82) is 0 Å². The zero-order valence-electron chi connectivity index (χ0n) is 12.9. The van der Waals surface area contributed by atoms with Gasteiger partial charge in [-0.2, -0.15) is 0 Å². The van der Waals surface area contributed by atoms with Crippen molar-refractivity contribution in [3.8, 4) is 0 Å². The summed E-state index contributed by atoms with van der Waals surface area (Å²) in [5.41, 5.74) is 0. The topological polar surface area (TPSA) is 0 Å². The third kappa shape index (κ3) is 2.87. The summed E-state index contributed by atoms with van der Waals surface area (Å²) in [7, 11) is 0. The van der Waals surface area contributed by atoms with E-state index in [2.05, 4.69) is 74.5 Å². The van der Waals surface area contributed by atoms with Crippen molar-refractivity contribution in [1.82, 2.24) is 0 Å². The van der Waals surface area contributed by atoms with Gasteiger partial charge in [0.05, 0.1) is 0 Å². The predicted molar refractivity (Wildman–Crippen MR) is 102 cm³/mol. The van der Waals surface area contributed by atoms with Gasteiger partial charge in [-0.15, -0.1) is 0 Å². The van der Waals surface area contributed by atoms with Crippen molar-refractivity contribution in [3.05, 3.63) is 60.7 Å². The SMILES string of the molecule is CC[Se]1(CC)[P@@](c2ccccc2)CC[P@]1c1ccccc1. The van der Waals surface area contributed by atoms with Crippen LogP contribution < -0.4 is 10.6 Å². The van der Waals surface area contributed by atoms with Gasteiger partial charge in [0.15, 0.2) is 0 Å². The van der Waals surface area contributed by atoms with Crippen molar-refractivity contribution in [2.24, 2.45) is 0 Å². The Morgan fingerprint density at radius 3 is 1.43 bits per heavy atom. The summed E-state index contributed by atoms with van der Waals surface area (Å²) < 4.78 is 0. The van der Waals surface area contributed by atoms with Gasteiger partial charge < -0.3 is 0 Å². The van der Waals surface area contributed by atoms with E-state index in [0.29, 0.717) is 0 Å². The van der Waals surface area contributed by atoms with Gasteiger partial charge in [0.25, 0.3) is 0 Å². The van der Waals surface area contributed by atoms with E-state index in [-0.39, 0.29) is 13.2 Å². The first kappa shape index (κ1) is 15.7. The summed E-state index contributed by atoms with van der Waals surface area (Å²) >= 11 is -1.41. The molecule has 1 aliphatic heterocycles. The molecule has 0 saturated carbocycles. The van der Waals surface area contributed by atoms with Crippen LogP contribution in [0.15, 0.2) is 60.7 Å². The fraction of sp³-hybridized carbons (Fsp3) is 0.333. The van der Waals surface area contributed by atoms with Gasteiger partial charge in [0.2, 0.25) is 0 Å². The quantitative estimate of drug-likeness (QED) is 0.511. The van der Waals surface area contributed by atoms with E-state index in [4.69, 9.17) is 0 Å². The van der Waals surface area contributed by atoms with Crippen LogP contribution in [0.25, 0.3) is 0 Å². The number of benzene rings is 2. The molecule has 0 aliphatic carbocycles. The molecule has 0 radical (unpaired) electrons. The molecule has 0 amide bonds. The molecule has 0 aromatic heterocycles. The van der Waals surface area contributed by atoms with Gasteiger partial charge in [0, 0.05) is 0 Å². The fourth-order valence-electron chi connectivity index (χ4n) is 3.31. The van der Waals surface area contributed by atoms with Gasteiger partial charge in [0.1, 0.15) is 0 Å². The molecule has 0 bridgehead atoms. The molecule has 1 saturated heterocycles. The Labute approximate surface area is 133 Å². The Hall–Kier alpha value is -0.181. The molecule has 3 rings (SSSR count). The summed E-state index contributed by atoms with van der Waals surface area (Å²) in [6.07, 6.45) is 2.98. The average molecular weight is 381 g/mol. The Kier molecular flexibility index (Phi) is 5.18. The van der Waals surface area contributed by atoms with E-state index < -0.39 is 12.0 Å². The first-order valence-electron chi connectivity index (χ1n) is 7.76. The van der Waals surface area contributed by atoms with Crippen molar-refractivity contribution in [3.63, 3.8) is 0 Å².